The molecule has 0 saturated carbocycles. The van der Waals surface area contributed by atoms with Crippen LogP contribution in [0.25, 0.3) is 0 Å². The van der Waals surface area contributed by atoms with Crippen molar-refractivity contribution in [3.05, 3.63) is 50.5 Å². The van der Waals surface area contributed by atoms with Gasteiger partial charge in [-0.15, -0.1) is 11.3 Å². The average Bonchev–Trinajstić information content (AvgIpc) is 2.69. The Hall–Kier alpha value is -1.19. The standard InChI is InChI=1S/C15H20N2S/c1-4-13-14(9-16)18-15(17-13)8-12-6-10(2)5-11(3)7-12/h5-7H,4,8-9,16H2,1-3H3. The van der Waals surface area contributed by atoms with E-state index in [-0.39, 0.29) is 0 Å². The average molecular weight is 260 g/mol. The van der Waals surface area contributed by atoms with Crippen LogP contribution in [-0.2, 0) is 19.4 Å². The van der Waals surface area contributed by atoms with Crippen LogP contribution in [0.15, 0.2) is 18.2 Å². The summed E-state index contributed by atoms with van der Waals surface area (Å²) >= 11 is 1.75. The van der Waals surface area contributed by atoms with E-state index in [1.54, 1.807) is 11.3 Å². The molecule has 2 aromatic rings. The minimum Gasteiger partial charge on any atom is -0.326 e. The molecule has 0 saturated heterocycles. The van der Waals surface area contributed by atoms with Crippen LogP contribution in [0.3, 0.4) is 0 Å². The van der Waals surface area contributed by atoms with E-state index in [9.17, 15) is 0 Å². The molecule has 2 nitrogen and oxygen atoms in total. The number of nitrogens with zero attached hydrogens (tertiary/aromatic N) is 1. The second-order valence-electron chi connectivity index (χ2n) is 4.71. The first kappa shape index (κ1) is 13.2. The first-order valence-corrected chi connectivity index (χ1v) is 7.18. The minimum atomic E-state index is 0.605. The summed E-state index contributed by atoms with van der Waals surface area (Å²) in [4.78, 5) is 5.93. The third-order valence-corrected chi connectivity index (χ3v) is 4.10. The maximum Gasteiger partial charge on any atom is 0.0975 e. The fourth-order valence-electron chi connectivity index (χ4n) is 2.29. The van der Waals surface area contributed by atoms with E-state index in [4.69, 9.17) is 10.7 Å². The molecular formula is C15H20N2S. The molecule has 2 N–H and O–H groups in total. The van der Waals surface area contributed by atoms with Crippen molar-refractivity contribution in [2.24, 2.45) is 5.73 Å². The van der Waals surface area contributed by atoms with Gasteiger partial charge in [0, 0.05) is 17.8 Å². The van der Waals surface area contributed by atoms with Gasteiger partial charge in [-0.05, 0) is 25.8 Å². The van der Waals surface area contributed by atoms with E-state index in [1.165, 1.54) is 32.3 Å². The lowest BCUT2D eigenvalue weighted by atomic mass is 10.1. The number of hydrogen-bond donors (Lipinski definition) is 1. The van der Waals surface area contributed by atoms with Crippen LogP contribution in [0.5, 0.6) is 0 Å². The third kappa shape index (κ3) is 2.98. The molecule has 0 atom stereocenters. The number of nitrogens with two attached hydrogens (primary N) is 1. The summed E-state index contributed by atoms with van der Waals surface area (Å²) < 4.78 is 0. The maximum absolute atomic E-state index is 5.75. The summed E-state index contributed by atoms with van der Waals surface area (Å²) in [7, 11) is 0. The Kier molecular flexibility index (Phi) is 4.15. The molecule has 1 aromatic heterocycles. The summed E-state index contributed by atoms with van der Waals surface area (Å²) in [6.07, 6.45) is 1.88. The molecule has 0 spiro atoms. The summed E-state index contributed by atoms with van der Waals surface area (Å²) in [5, 5.41) is 1.18. The van der Waals surface area contributed by atoms with Gasteiger partial charge in [-0.3, -0.25) is 0 Å². The highest BCUT2D eigenvalue weighted by Crippen LogP contribution is 2.22. The number of rotatable bonds is 4. The number of hydrogen-bond acceptors (Lipinski definition) is 3. The van der Waals surface area contributed by atoms with Gasteiger partial charge in [-0.2, -0.15) is 0 Å². The van der Waals surface area contributed by atoms with Crippen molar-refractivity contribution < 1.29 is 0 Å². The summed E-state index contributed by atoms with van der Waals surface area (Å²) in [6.45, 7) is 7.02. The van der Waals surface area contributed by atoms with E-state index < -0.39 is 0 Å². The van der Waals surface area contributed by atoms with Crippen molar-refractivity contribution in [2.45, 2.75) is 40.2 Å². The number of aromatic nitrogens is 1. The van der Waals surface area contributed by atoms with Crippen molar-refractivity contribution in [3.8, 4) is 0 Å². The zero-order chi connectivity index (χ0) is 13.1. The van der Waals surface area contributed by atoms with Crippen LogP contribution in [0.2, 0.25) is 0 Å². The summed E-state index contributed by atoms with van der Waals surface area (Å²) in [5.74, 6) is 0. The Balaban J connectivity index is 2.25. The van der Waals surface area contributed by atoms with Crippen molar-refractivity contribution in [1.29, 1.82) is 0 Å². The number of benzene rings is 1. The lowest BCUT2D eigenvalue weighted by Crippen LogP contribution is -1.97. The second-order valence-corrected chi connectivity index (χ2v) is 5.88. The van der Waals surface area contributed by atoms with E-state index in [2.05, 4.69) is 39.0 Å². The summed E-state index contributed by atoms with van der Waals surface area (Å²) in [6, 6.07) is 6.68. The van der Waals surface area contributed by atoms with Gasteiger partial charge in [-0.25, -0.2) is 4.98 Å². The van der Waals surface area contributed by atoms with Crippen molar-refractivity contribution in [2.75, 3.05) is 0 Å². The van der Waals surface area contributed by atoms with Crippen molar-refractivity contribution in [3.63, 3.8) is 0 Å². The van der Waals surface area contributed by atoms with Gasteiger partial charge in [0.2, 0.25) is 0 Å². The van der Waals surface area contributed by atoms with E-state index in [1.807, 2.05) is 0 Å². The van der Waals surface area contributed by atoms with Gasteiger partial charge in [0.25, 0.3) is 0 Å². The minimum absolute atomic E-state index is 0.605. The Bertz CT molecular complexity index is 502. The SMILES string of the molecule is CCc1nc(Cc2cc(C)cc(C)c2)sc1CN. The highest BCUT2D eigenvalue weighted by molar-refractivity contribution is 7.11. The molecule has 0 aliphatic heterocycles. The zero-order valence-corrected chi connectivity index (χ0v) is 12.1. The molecule has 18 heavy (non-hydrogen) atoms. The number of thiazole rings is 1. The Labute approximate surface area is 113 Å². The van der Waals surface area contributed by atoms with Crippen LogP contribution in [0.4, 0.5) is 0 Å². The molecule has 3 heteroatoms. The molecule has 0 radical (unpaired) electrons. The van der Waals surface area contributed by atoms with Crippen LogP contribution < -0.4 is 5.73 Å². The lowest BCUT2D eigenvalue weighted by molar-refractivity contribution is 0.968. The fraction of sp³-hybridized carbons (Fsp3) is 0.400. The third-order valence-electron chi connectivity index (χ3n) is 2.98. The highest BCUT2D eigenvalue weighted by Gasteiger charge is 2.09. The van der Waals surface area contributed by atoms with Crippen molar-refractivity contribution in [1.82, 2.24) is 4.98 Å². The Morgan fingerprint density at radius 1 is 1.17 bits per heavy atom. The van der Waals surface area contributed by atoms with Crippen LogP contribution in [0, 0.1) is 13.8 Å². The van der Waals surface area contributed by atoms with E-state index >= 15 is 0 Å². The molecule has 0 amide bonds. The van der Waals surface area contributed by atoms with Crippen molar-refractivity contribution >= 4 is 11.3 Å². The summed E-state index contributed by atoms with van der Waals surface area (Å²) in [5.41, 5.74) is 10.9. The van der Waals surface area contributed by atoms with Gasteiger partial charge in [0.1, 0.15) is 0 Å². The molecule has 1 aromatic carbocycles. The van der Waals surface area contributed by atoms with Gasteiger partial charge in [0.15, 0.2) is 0 Å². The van der Waals surface area contributed by atoms with Gasteiger partial charge in [-0.1, -0.05) is 36.2 Å². The fourth-order valence-corrected chi connectivity index (χ4v) is 3.36. The predicted molar refractivity (Wildman–Crippen MR) is 78.1 cm³/mol. The van der Waals surface area contributed by atoms with Gasteiger partial charge >= 0.3 is 0 Å². The molecule has 0 fully saturated rings. The smallest absolute Gasteiger partial charge is 0.0975 e. The van der Waals surface area contributed by atoms with Crippen LogP contribution >= 0.6 is 11.3 Å². The van der Waals surface area contributed by atoms with Gasteiger partial charge < -0.3 is 5.73 Å². The molecule has 0 unspecified atom stereocenters. The van der Waals surface area contributed by atoms with Crippen LogP contribution in [0.1, 0.15) is 39.2 Å². The quantitative estimate of drug-likeness (QED) is 0.915. The monoisotopic (exact) mass is 260 g/mol. The normalized spacial score (nSPS) is 10.9. The predicted octanol–water partition coefficient (Wildman–Crippen LogP) is 3.37. The molecule has 0 bridgehead atoms. The molecule has 0 aliphatic carbocycles. The van der Waals surface area contributed by atoms with E-state index in [0.717, 1.165) is 12.8 Å². The topological polar surface area (TPSA) is 38.9 Å². The molecule has 96 valence electrons. The largest absolute Gasteiger partial charge is 0.326 e. The number of aryl methyl sites for hydroxylation is 3. The highest BCUT2D eigenvalue weighted by atomic mass is 32.1. The Morgan fingerprint density at radius 3 is 2.33 bits per heavy atom. The zero-order valence-electron chi connectivity index (χ0n) is 11.3. The second kappa shape index (κ2) is 5.63. The molecule has 1 heterocycles. The lowest BCUT2D eigenvalue weighted by Gasteiger charge is -2.02. The van der Waals surface area contributed by atoms with Crippen LogP contribution in [-0.4, -0.2) is 4.98 Å². The van der Waals surface area contributed by atoms with Gasteiger partial charge in [0.05, 0.1) is 10.7 Å². The first-order valence-electron chi connectivity index (χ1n) is 6.37. The molecular weight excluding hydrogens is 240 g/mol. The molecule has 2 rings (SSSR count). The molecule has 0 aliphatic rings. The first-order chi connectivity index (χ1) is 8.62. The Morgan fingerprint density at radius 2 is 1.83 bits per heavy atom. The maximum atomic E-state index is 5.75. The van der Waals surface area contributed by atoms with E-state index in [0.29, 0.717) is 6.54 Å².